The van der Waals surface area contributed by atoms with Gasteiger partial charge in [0.25, 0.3) is 0 Å². The van der Waals surface area contributed by atoms with E-state index in [1.807, 2.05) is 39.0 Å². The predicted octanol–water partition coefficient (Wildman–Crippen LogP) is 4.04. The van der Waals surface area contributed by atoms with E-state index < -0.39 is 5.60 Å². The van der Waals surface area contributed by atoms with Crippen LogP contribution in [0.15, 0.2) is 24.4 Å². The predicted molar refractivity (Wildman–Crippen MR) is 102 cm³/mol. The molecule has 2 aromatic rings. The van der Waals surface area contributed by atoms with Gasteiger partial charge < -0.3 is 15.0 Å². The molecule has 0 saturated heterocycles. The van der Waals surface area contributed by atoms with Gasteiger partial charge in [-0.2, -0.15) is 10.2 Å². The molecule has 27 heavy (non-hydrogen) atoms. The van der Waals surface area contributed by atoms with E-state index in [1.165, 1.54) is 6.20 Å². The van der Waals surface area contributed by atoms with Crippen LogP contribution in [0.1, 0.15) is 37.5 Å². The van der Waals surface area contributed by atoms with E-state index in [4.69, 9.17) is 16.3 Å². The standard InChI is InChI=1S/C19H20ClN5O2/c1-19(2,3)27-18(26)25-8-7-14-12(11-25)5-4-6-15(14)23-16-13(9-21)10-22-17(20)24-16/h4-6,10H,7-8,11H2,1-3H3,(H,22,23,24). The second kappa shape index (κ2) is 7.41. The number of anilines is 2. The summed E-state index contributed by atoms with van der Waals surface area (Å²) < 4.78 is 5.47. The molecule has 0 radical (unpaired) electrons. The number of fused-ring (bicyclic) bond motifs is 1. The fraction of sp³-hybridized carbons (Fsp3) is 0.368. The number of amides is 1. The number of carbonyl (C=O) groups is 1. The minimum absolute atomic E-state index is 0.0670. The Hall–Kier alpha value is -2.85. The van der Waals surface area contributed by atoms with Crippen molar-refractivity contribution in [1.82, 2.24) is 14.9 Å². The lowest BCUT2D eigenvalue weighted by Gasteiger charge is -2.32. The van der Waals surface area contributed by atoms with E-state index >= 15 is 0 Å². The summed E-state index contributed by atoms with van der Waals surface area (Å²) in [6, 6.07) is 7.85. The lowest BCUT2D eigenvalue weighted by molar-refractivity contribution is 0.0224. The fourth-order valence-electron chi connectivity index (χ4n) is 2.87. The largest absolute Gasteiger partial charge is 0.444 e. The first kappa shape index (κ1) is 18.9. The molecule has 3 rings (SSSR count). The molecule has 0 spiro atoms. The summed E-state index contributed by atoms with van der Waals surface area (Å²) in [5.41, 5.74) is 2.72. The van der Waals surface area contributed by atoms with Crippen LogP contribution < -0.4 is 5.32 Å². The SMILES string of the molecule is CC(C)(C)OC(=O)N1CCc2c(cccc2Nc2nc(Cl)ncc2C#N)C1. The second-order valence-corrected chi connectivity index (χ2v) is 7.57. The molecule has 8 heteroatoms. The van der Waals surface area contributed by atoms with Crippen molar-refractivity contribution in [3.8, 4) is 6.07 Å². The van der Waals surface area contributed by atoms with Crippen molar-refractivity contribution in [2.45, 2.75) is 39.3 Å². The number of aromatic nitrogens is 2. The maximum atomic E-state index is 12.3. The van der Waals surface area contributed by atoms with Crippen LogP contribution in [0.2, 0.25) is 5.28 Å². The summed E-state index contributed by atoms with van der Waals surface area (Å²) in [7, 11) is 0. The maximum absolute atomic E-state index is 12.3. The lowest BCUT2D eigenvalue weighted by Crippen LogP contribution is -2.40. The molecule has 0 fully saturated rings. The summed E-state index contributed by atoms with van der Waals surface area (Å²) >= 11 is 5.86. The Bertz CT molecular complexity index is 917. The van der Waals surface area contributed by atoms with Gasteiger partial charge in [0, 0.05) is 18.8 Å². The van der Waals surface area contributed by atoms with E-state index in [-0.39, 0.29) is 11.4 Å². The van der Waals surface area contributed by atoms with Crippen LogP contribution in [0.25, 0.3) is 0 Å². The summed E-state index contributed by atoms with van der Waals surface area (Å²) in [6.07, 6.45) is 1.73. The minimum atomic E-state index is -0.527. The number of carbonyl (C=O) groups excluding carboxylic acids is 1. The third-order valence-electron chi connectivity index (χ3n) is 4.05. The molecular formula is C19H20ClN5O2. The van der Waals surface area contributed by atoms with Gasteiger partial charge in [-0.15, -0.1) is 0 Å². The molecule has 1 amide bonds. The quantitative estimate of drug-likeness (QED) is 0.784. The molecule has 140 valence electrons. The van der Waals surface area contributed by atoms with Crippen molar-refractivity contribution >= 4 is 29.2 Å². The number of benzene rings is 1. The fourth-order valence-corrected chi connectivity index (χ4v) is 3.01. The molecule has 1 aliphatic rings. The van der Waals surface area contributed by atoms with Crippen LogP contribution in [0, 0.1) is 11.3 Å². The van der Waals surface area contributed by atoms with E-state index in [0.29, 0.717) is 30.9 Å². The average molecular weight is 386 g/mol. The Balaban J connectivity index is 1.83. The summed E-state index contributed by atoms with van der Waals surface area (Å²) in [6.45, 7) is 6.57. The topological polar surface area (TPSA) is 91.1 Å². The molecule has 1 N–H and O–H groups in total. The summed E-state index contributed by atoms with van der Waals surface area (Å²) in [5, 5.41) is 12.5. The number of rotatable bonds is 2. The Morgan fingerprint density at radius 2 is 2.19 bits per heavy atom. The number of hydrogen-bond acceptors (Lipinski definition) is 6. The molecule has 0 atom stereocenters. The van der Waals surface area contributed by atoms with Crippen LogP contribution in [0.5, 0.6) is 0 Å². The number of ether oxygens (including phenoxy) is 1. The zero-order valence-electron chi connectivity index (χ0n) is 15.4. The molecule has 0 saturated carbocycles. The molecular weight excluding hydrogens is 366 g/mol. The highest BCUT2D eigenvalue weighted by molar-refractivity contribution is 6.28. The highest BCUT2D eigenvalue weighted by Gasteiger charge is 2.26. The summed E-state index contributed by atoms with van der Waals surface area (Å²) in [5.74, 6) is 0.362. The van der Waals surface area contributed by atoms with E-state index in [0.717, 1.165) is 16.8 Å². The van der Waals surface area contributed by atoms with Gasteiger partial charge >= 0.3 is 6.09 Å². The van der Waals surface area contributed by atoms with Gasteiger partial charge in [-0.05, 0) is 56.0 Å². The molecule has 2 heterocycles. The number of nitrogens with zero attached hydrogens (tertiary/aromatic N) is 4. The lowest BCUT2D eigenvalue weighted by atomic mass is 9.98. The van der Waals surface area contributed by atoms with Crippen LogP contribution in [-0.2, 0) is 17.7 Å². The highest BCUT2D eigenvalue weighted by atomic mass is 35.5. The summed E-state index contributed by atoms with van der Waals surface area (Å²) in [4.78, 5) is 22.0. The van der Waals surface area contributed by atoms with Gasteiger partial charge in [-0.3, -0.25) is 0 Å². The highest BCUT2D eigenvalue weighted by Crippen LogP contribution is 2.30. The van der Waals surface area contributed by atoms with Gasteiger partial charge in [0.15, 0.2) is 5.82 Å². The van der Waals surface area contributed by atoms with E-state index in [1.54, 1.807) is 4.90 Å². The molecule has 0 unspecified atom stereocenters. The van der Waals surface area contributed by atoms with Crippen molar-refractivity contribution in [2.75, 3.05) is 11.9 Å². The smallest absolute Gasteiger partial charge is 0.410 e. The zero-order chi connectivity index (χ0) is 19.6. The Morgan fingerprint density at radius 1 is 1.41 bits per heavy atom. The molecule has 7 nitrogen and oxygen atoms in total. The van der Waals surface area contributed by atoms with Gasteiger partial charge in [0.1, 0.15) is 17.2 Å². The molecule has 1 aliphatic heterocycles. The molecule has 1 aromatic heterocycles. The Labute approximate surface area is 162 Å². The van der Waals surface area contributed by atoms with Gasteiger partial charge in [-0.1, -0.05) is 12.1 Å². The van der Waals surface area contributed by atoms with E-state index in [2.05, 4.69) is 21.4 Å². The van der Waals surface area contributed by atoms with E-state index in [9.17, 15) is 10.1 Å². The Morgan fingerprint density at radius 3 is 2.89 bits per heavy atom. The number of nitrogens with one attached hydrogen (secondary N) is 1. The second-order valence-electron chi connectivity index (χ2n) is 7.23. The number of nitriles is 1. The van der Waals surface area contributed by atoms with Crippen molar-refractivity contribution < 1.29 is 9.53 Å². The number of hydrogen-bond donors (Lipinski definition) is 1. The number of halogens is 1. The van der Waals surface area contributed by atoms with Gasteiger partial charge in [-0.25, -0.2) is 9.78 Å². The van der Waals surface area contributed by atoms with Crippen molar-refractivity contribution in [1.29, 1.82) is 5.26 Å². The third-order valence-corrected chi connectivity index (χ3v) is 4.23. The van der Waals surface area contributed by atoms with Crippen molar-refractivity contribution in [2.24, 2.45) is 0 Å². The molecule has 1 aromatic carbocycles. The van der Waals surface area contributed by atoms with Gasteiger partial charge in [0.2, 0.25) is 5.28 Å². The van der Waals surface area contributed by atoms with Crippen LogP contribution in [-0.4, -0.2) is 33.1 Å². The first-order chi connectivity index (χ1) is 12.8. The third kappa shape index (κ3) is 4.47. The minimum Gasteiger partial charge on any atom is -0.444 e. The first-order valence-electron chi connectivity index (χ1n) is 8.55. The Kier molecular flexibility index (Phi) is 5.19. The van der Waals surface area contributed by atoms with Crippen LogP contribution >= 0.6 is 11.6 Å². The van der Waals surface area contributed by atoms with Crippen molar-refractivity contribution in [3.63, 3.8) is 0 Å². The van der Waals surface area contributed by atoms with Crippen LogP contribution in [0.3, 0.4) is 0 Å². The maximum Gasteiger partial charge on any atom is 0.410 e. The van der Waals surface area contributed by atoms with Gasteiger partial charge in [0.05, 0.1) is 6.20 Å². The van der Waals surface area contributed by atoms with Crippen molar-refractivity contribution in [3.05, 3.63) is 46.4 Å². The molecule has 0 bridgehead atoms. The monoisotopic (exact) mass is 385 g/mol. The average Bonchev–Trinajstić information content (AvgIpc) is 2.60. The zero-order valence-corrected chi connectivity index (χ0v) is 16.2. The molecule has 0 aliphatic carbocycles. The van der Waals surface area contributed by atoms with Crippen LogP contribution in [0.4, 0.5) is 16.3 Å². The normalized spacial score (nSPS) is 13.5. The first-order valence-corrected chi connectivity index (χ1v) is 8.93.